The Kier molecular flexibility index (Phi) is 9.29. The van der Waals surface area contributed by atoms with Gasteiger partial charge in [-0.3, -0.25) is 9.98 Å². The van der Waals surface area contributed by atoms with Gasteiger partial charge in [-0.25, -0.2) is 0 Å². The van der Waals surface area contributed by atoms with Gasteiger partial charge >= 0.3 is 0 Å². The summed E-state index contributed by atoms with van der Waals surface area (Å²) in [6, 6.07) is 6.52. The average Bonchev–Trinajstić information content (AvgIpc) is 2.57. The Morgan fingerprint density at radius 3 is 2.48 bits per heavy atom. The third-order valence-corrected chi connectivity index (χ3v) is 4.36. The first-order chi connectivity index (χ1) is 11.1. The SMILES string of the molecule is CCC(CC)C(CNC(=NC)NCCc1ccccn1)N(C)C. The van der Waals surface area contributed by atoms with Crippen LogP contribution in [0.1, 0.15) is 32.4 Å². The largest absolute Gasteiger partial charge is 0.356 e. The van der Waals surface area contributed by atoms with Crippen molar-refractivity contribution < 1.29 is 0 Å². The van der Waals surface area contributed by atoms with Crippen molar-refractivity contribution >= 4 is 5.96 Å². The Labute approximate surface area is 141 Å². The van der Waals surface area contributed by atoms with Crippen molar-refractivity contribution in [2.45, 2.75) is 39.2 Å². The maximum absolute atomic E-state index is 4.34. The van der Waals surface area contributed by atoms with Crippen LogP contribution in [0.5, 0.6) is 0 Å². The van der Waals surface area contributed by atoms with E-state index in [1.807, 2.05) is 31.4 Å². The summed E-state index contributed by atoms with van der Waals surface area (Å²) in [7, 11) is 6.13. The topological polar surface area (TPSA) is 52.6 Å². The molecule has 0 bridgehead atoms. The molecule has 1 unspecified atom stereocenters. The minimum absolute atomic E-state index is 0.513. The molecule has 1 rings (SSSR count). The Bertz CT molecular complexity index is 440. The van der Waals surface area contributed by atoms with Crippen LogP contribution < -0.4 is 10.6 Å². The quantitative estimate of drug-likeness (QED) is 0.541. The molecule has 0 saturated carbocycles. The zero-order valence-electron chi connectivity index (χ0n) is 15.3. The summed E-state index contributed by atoms with van der Waals surface area (Å²) in [5, 5.41) is 6.83. The van der Waals surface area contributed by atoms with E-state index in [0.29, 0.717) is 12.0 Å². The van der Waals surface area contributed by atoms with Crippen LogP contribution in [0.2, 0.25) is 0 Å². The second kappa shape index (κ2) is 11.0. The molecule has 23 heavy (non-hydrogen) atoms. The molecule has 0 aliphatic heterocycles. The molecule has 5 nitrogen and oxygen atoms in total. The van der Waals surface area contributed by atoms with E-state index >= 15 is 0 Å². The van der Waals surface area contributed by atoms with Crippen LogP contribution in [-0.4, -0.2) is 56.1 Å². The number of hydrogen-bond donors (Lipinski definition) is 2. The van der Waals surface area contributed by atoms with Crippen molar-refractivity contribution in [2.75, 3.05) is 34.2 Å². The lowest BCUT2D eigenvalue weighted by atomic mass is 9.93. The van der Waals surface area contributed by atoms with Crippen molar-refractivity contribution in [3.63, 3.8) is 0 Å². The zero-order chi connectivity index (χ0) is 17.1. The lowest BCUT2D eigenvalue weighted by Gasteiger charge is -2.32. The molecule has 2 N–H and O–H groups in total. The fourth-order valence-electron chi connectivity index (χ4n) is 2.88. The number of likely N-dealkylation sites (N-methyl/N-ethyl adjacent to an activating group) is 1. The first kappa shape index (κ1) is 19.4. The normalized spacial score (nSPS) is 13.4. The molecule has 0 aromatic carbocycles. The van der Waals surface area contributed by atoms with Crippen LogP contribution in [0, 0.1) is 5.92 Å². The molecule has 1 aromatic heterocycles. The molecule has 0 amide bonds. The van der Waals surface area contributed by atoms with Crippen LogP contribution in [0.3, 0.4) is 0 Å². The minimum Gasteiger partial charge on any atom is -0.356 e. The van der Waals surface area contributed by atoms with E-state index in [1.54, 1.807) is 0 Å². The molecule has 0 saturated heterocycles. The summed E-state index contributed by atoms with van der Waals surface area (Å²) in [5.74, 6) is 1.56. The molecule has 0 aliphatic rings. The smallest absolute Gasteiger partial charge is 0.191 e. The van der Waals surface area contributed by atoms with Gasteiger partial charge < -0.3 is 15.5 Å². The highest BCUT2D eigenvalue weighted by atomic mass is 15.2. The third-order valence-electron chi connectivity index (χ3n) is 4.36. The maximum atomic E-state index is 4.34. The van der Waals surface area contributed by atoms with Crippen molar-refractivity contribution in [3.8, 4) is 0 Å². The molecule has 0 fully saturated rings. The second-order valence-corrected chi connectivity index (χ2v) is 6.06. The predicted octanol–water partition coefficient (Wildman–Crippen LogP) is 2.16. The standard InChI is InChI=1S/C18H33N5/c1-6-15(7-2)17(23(4)5)14-22-18(19-3)21-13-11-16-10-8-9-12-20-16/h8-10,12,15,17H,6-7,11,13-14H2,1-5H3,(H2,19,21,22). The van der Waals surface area contributed by atoms with E-state index in [2.05, 4.69) is 53.5 Å². The summed E-state index contributed by atoms with van der Waals surface area (Å²) < 4.78 is 0. The lowest BCUT2D eigenvalue weighted by Crippen LogP contribution is -2.48. The van der Waals surface area contributed by atoms with E-state index in [0.717, 1.165) is 31.2 Å². The molecule has 130 valence electrons. The Hall–Kier alpha value is -1.62. The molecule has 0 aliphatic carbocycles. The number of hydrogen-bond acceptors (Lipinski definition) is 3. The van der Waals surface area contributed by atoms with Crippen molar-refractivity contribution in [1.29, 1.82) is 0 Å². The molecular formula is C18H33N5. The summed E-state index contributed by atoms with van der Waals surface area (Å²) in [4.78, 5) is 11.0. The van der Waals surface area contributed by atoms with Gasteiger partial charge in [-0.05, 0) is 32.1 Å². The second-order valence-electron chi connectivity index (χ2n) is 6.06. The summed E-state index contributed by atoms with van der Waals surface area (Å²) in [6.45, 7) is 6.27. The molecule has 0 spiro atoms. The van der Waals surface area contributed by atoms with E-state index < -0.39 is 0 Å². The molecule has 1 aromatic rings. The Balaban J connectivity index is 2.43. The van der Waals surface area contributed by atoms with Gasteiger partial charge in [0.25, 0.3) is 0 Å². The minimum atomic E-state index is 0.513. The van der Waals surface area contributed by atoms with E-state index in [1.165, 1.54) is 12.8 Å². The highest BCUT2D eigenvalue weighted by molar-refractivity contribution is 5.79. The van der Waals surface area contributed by atoms with Crippen LogP contribution in [-0.2, 0) is 6.42 Å². The van der Waals surface area contributed by atoms with Gasteiger partial charge in [-0.2, -0.15) is 0 Å². The number of nitrogens with one attached hydrogen (secondary N) is 2. The average molecular weight is 319 g/mol. The number of aliphatic imine (C=N–C) groups is 1. The van der Waals surface area contributed by atoms with E-state index in [4.69, 9.17) is 0 Å². The lowest BCUT2D eigenvalue weighted by molar-refractivity contribution is 0.200. The highest BCUT2D eigenvalue weighted by Crippen LogP contribution is 2.16. The summed E-state index contributed by atoms with van der Waals surface area (Å²) in [5.41, 5.74) is 1.10. The highest BCUT2D eigenvalue weighted by Gasteiger charge is 2.20. The van der Waals surface area contributed by atoms with Gasteiger partial charge in [0, 0.05) is 44.5 Å². The monoisotopic (exact) mass is 319 g/mol. The molecule has 0 radical (unpaired) electrons. The van der Waals surface area contributed by atoms with Gasteiger partial charge in [-0.1, -0.05) is 32.8 Å². The molecule has 1 heterocycles. The molecular weight excluding hydrogens is 286 g/mol. The van der Waals surface area contributed by atoms with Crippen LogP contribution in [0.15, 0.2) is 29.4 Å². The number of pyridine rings is 1. The van der Waals surface area contributed by atoms with Gasteiger partial charge in [0.05, 0.1) is 0 Å². The number of rotatable bonds is 9. The van der Waals surface area contributed by atoms with Gasteiger partial charge in [0.2, 0.25) is 0 Å². The number of nitrogens with zero attached hydrogens (tertiary/aromatic N) is 3. The van der Waals surface area contributed by atoms with Crippen LogP contribution >= 0.6 is 0 Å². The summed E-state index contributed by atoms with van der Waals surface area (Å²) >= 11 is 0. The Morgan fingerprint density at radius 2 is 1.96 bits per heavy atom. The van der Waals surface area contributed by atoms with Crippen molar-refractivity contribution in [2.24, 2.45) is 10.9 Å². The van der Waals surface area contributed by atoms with E-state index in [9.17, 15) is 0 Å². The first-order valence-corrected chi connectivity index (χ1v) is 8.63. The summed E-state index contributed by atoms with van der Waals surface area (Å²) in [6.07, 6.45) is 5.13. The van der Waals surface area contributed by atoms with E-state index in [-0.39, 0.29) is 0 Å². The maximum Gasteiger partial charge on any atom is 0.191 e. The van der Waals surface area contributed by atoms with Gasteiger partial charge in [0.1, 0.15) is 0 Å². The van der Waals surface area contributed by atoms with Crippen LogP contribution in [0.4, 0.5) is 0 Å². The number of aromatic nitrogens is 1. The Morgan fingerprint density at radius 1 is 1.22 bits per heavy atom. The fraction of sp³-hybridized carbons (Fsp3) is 0.667. The first-order valence-electron chi connectivity index (χ1n) is 8.63. The fourth-order valence-corrected chi connectivity index (χ4v) is 2.88. The molecule has 5 heteroatoms. The van der Waals surface area contributed by atoms with Gasteiger partial charge in [-0.15, -0.1) is 0 Å². The number of guanidine groups is 1. The van der Waals surface area contributed by atoms with Crippen molar-refractivity contribution in [3.05, 3.63) is 30.1 Å². The van der Waals surface area contributed by atoms with Gasteiger partial charge in [0.15, 0.2) is 5.96 Å². The predicted molar refractivity (Wildman–Crippen MR) is 98.9 cm³/mol. The van der Waals surface area contributed by atoms with Crippen LogP contribution in [0.25, 0.3) is 0 Å². The van der Waals surface area contributed by atoms with Crippen molar-refractivity contribution in [1.82, 2.24) is 20.5 Å². The zero-order valence-corrected chi connectivity index (χ0v) is 15.3. The third kappa shape index (κ3) is 6.99. The molecule has 1 atom stereocenters.